The lowest BCUT2D eigenvalue weighted by atomic mass is 9.95. The summed E-state index contributed by atoms with van der Waals surface area (Å²) in [5.74, 6) is -0.117. The maximum atomic E-state index is 12.3. The van der Waals surface area contributed by atoms with E-state index in [4.69, 9.17) is 0 Å². The third-order valence-corrected chi connectivity index (χ3v) is 4.11. The standard InChI is InChI=1S/C17H22F3N3O3/c1-12-2-6-21-14(10-12)22-16(25)13-3-7-23(8-4-13)15(24)5-9-26-11-17(18,19)20/h2,6,10,13H,3-5,7-9,11H2,1H3,(H,21,22,25). The first-order valence-electron chi connectivity index (χ1n) is 8.40. The minimum Gasteiger partial charge on any atom is -0.372 e. The lowest BCUT2D eigenvalue weighted by Gasteiger charge is -2.31. The number of pyridine rings is 1. The summed E-state index contributed by atoms with van der Waals surface area (Å²) in [6, 6.07) is 3.61. The summed E-state index contributed by atoms with van der Waals surface area (Å²) in [5, 5.41) is 2.77. The van der Waals surface area contributed by atoms with Crippen molar-refractivity contribution in [3.05, 3.63) is 23.9 Å². The highest BCUT2D eigenvalue weighted by Crippen LogP contribution is 2.20. The number of piperidine rings is 1. The minimum atomic E-state index is -4.39. The molecule has 1 saturated heterocycles. The Bertz CT molecular complexity index is 629. The Balaban J connectivity index is 1.71. The fourth-order valence-corrected chi connectivity index (χ4v) is 2.73. The molecule has 0 unspecified atom stereocenters. The molecule has 0 aliphatic carbocycles. The molecule has 6 nitrogen and oxygen atoms in total. The van der Waals surface area contributed by atoms with Gasteiger partial charge in [-0.2, -0.15) is 13.2 Å². The number of aromatic nitrogens is 1. The van der Waals surface area contributed by atoms with E-state index < -0.39 is 12.8 Å². The predicted octanol–water partition coefficient (Wildman–Crippen LogP) is 2.54. The lowest BCUT2D eigenvalue weighted by molar-refractivity contribution is -0.175. The lowest BCUT2D eigenvalue weighted by Crippen LogP contribution is -2.41. The molecule has 0 radical (unpaired) electrons. The number of hydrogen-bond acceptors (Lipinski definition) is 4. The van der Waals surface area contributed by atoms with E-state index in [-0.39, 0.29) is 30.8 Å². The van der Waals surface area contributed by atoms with Crippen LogP contribution in [0.5, 0.6) is 0 Å². The van der Waals surface area contributed by atoms with E-state index in [0.717, 1.165) is 5.56 Å². The average molecular weight is 373 g/mol. The van der Waals surface area contributed by atoms with Crippen LogP contribution in [0.3, 0.4) is 0 Å². The van der Waals surface area contributed by atoms with Gasteiger partial charge in [-0.05, 0) is 37.5 Å². The van der Waals surface area contributed by atoms with Crippen LogP contribution in [0, 0.1) is 12.8 Å². The number of carbonyl (C=O) groups excluding carboxylic acids is 2. The van der Waals surface area contributed by atoms with Crippen LogP contribution in [-0.4, -0.2) is 54.2 Å². The number of nitrogens with zero attached hydrogens (tertiary/aromatic N) is 2. The number of hydrogen-bond donors (Lipinski definition) is 1. The molecule has 2 amide bonds. The van der Waals surface area contributed by atoms with Crippen LogP contribution in [-0.2, 0) is 14.3 Å². The average Bonchev–Trinajstić information content (AvgIpc) is 2.58. The summed E-state index contributed by atoms with van der Waals surface area (Å²) in [5.41, 5.74) is 0.989. The summed E-state index contributed by atoms with van der Waals surface area (Å²) < 4.78 is 40.4. The molecule has 1 aromatic heterocycles. The van der Waals surface area contributed by atoms with Gasteiger partial charge < -0.3 is 15.0 Å². The third kappa shape index (κ3) is 6.62. The smallest absolute Gasteiger partial charge is 0.372 e. The Labute approximate surface area is 149 Å². The van der Waals surface area contributed by atoms with E-state index in [0.29, 0.717) is 31.7 Å². The first-order chi connectivity index (χ1) is 12.2. The Morgan fingerprint density at radius 3 is 2.65 bits per heavy atom. The van der Waals surface area contributed by atoms with Gasteiger partial charge in [0.05, 0.1) is 13.0 Å². The van der Waals surface area contributed by atoms with E-state index >= 15 is 0 Å². The van der Waals surface area contributed by atoms with Crippen LogP contribution in [0.4, 0.5) is 19.0 Å². The number of halogens is 3. The van der Waals surface area contributed by atoms with E-state index in [1.165, 1.54) is 0 Å². The zero-order valence-electron chi connectivity index (χ0n) is 14.5. The molecule has 0 atom stereocenters. The number of nitrogens with one attached hydrogen (secondary N) is 1. The third-order valence-electron chi connectivity index (χ3n) is 4.11. The van der Waals surface area contributed by atoms with Crippen LogP contribution in [0.25, 0.3) is 0 Å². The van der Waals surface area contributed by atoms with Crippen molar-refractivity contribution >= 4 is 17.6 Å². The Morgan fingerprint density at radius 2 is 2.04 bits per heavy atom. The van der Waals surface area contributed by atoms with E-state index in [2.05, 4.69) is 15.0 Å². The van der Waals surface area contributed by atoms with Crippen LogP contribution >= 0.6 is 0 Å². The fourth-order valence-electron chi connectivity index (χ4n) is 2.73. The number of amides is 2. The fraction of sp³-hybridized carbons (Fsp3) is 0.588. The molecule has 0 bridgehead atoms. The predicted molar refractivity (Wildman–Crippen MR) is 88.4 cm³/mol. The van der Waals surface area contributed by atoms with Crippen molar-refractivity contribution in [3.63, 3.8) is 0 Å². The van der Waals surface area contributed by atoms with Gasteiger partial charge in [0.15, 0.2) is 0 Å². The van der Waals surface area contributed by atoms with Crippen molar-refractivity contribution in [1.82, 2.24) is 9.88 Å². The molecule has 1 aliphatic rings. The number of rotatable bonds is 6. The summed E-state index contributed by atoms with van der Waals surface area (Å²) in [6.07, 6.45) is -1.85. The molecule has 144 valence electrons. The monoisotopic (exact) mass is 373 g/mol. The zero-order chi connectivity index (χ0) is 19.2. The summed E-state index contributed by atoms with van der Waals surface area (Å²) >= 11 is 0. The molecule has 9 heteroatoms. The maximum Gasteiger partial charge on any atom is 0.411 e. The van der Waals surface area contributed by atoms with Crippen LogP contribution in [0.15, 0.2) is 18.3 Å². The van der Waals surface area contributed by atoms with Crippen LogP contribution in [0.1, 0.15) is 24.8 Å². The Morgan fingerprint density at radius 1 is 1.35 bits per heavy atom. The molecule has 1 aromatic rings. The van der Waals surface area contributed by atoms with Crippen molar-refractivity contribution in [2.45, 2.75) is 32.4 Å². The quantitative estimate of drug-likeness (QED) is 0.778. The second kappa shape index (κ2) is 8.98. The van der Waals surface area contributed by atoms with E-state index in [9.17, 15) is 22.8 Å². The number of ether oxygens (including phenoxy) is 1. The zero-order valence-corrected chi connectivity index (χ0v) is 14.5. The molecule has 0 saturated carbocycles. The van der Waals surface area contributed by atoms with Gasteiger partial charge in [-0.1, -0.05) is 0 Å². The van der Waals surface area contributed by atoms with Crippen LogP contribution in [0.2, 0.25) is 0 Å². The highest BCUT2D eigenvalue weighted by atomic mass is 19.4. The van der Waals surface area contributed by atoms with Gasteiger partial charge in [-0.3, -0.25) is 9.59 Å². The first kappa shape index (κ1) is 20.2. The molecular weight excluding hydrogens is 351 g/mol. The number of carbonyl (C=O) groups is 2. The van der Waals surface area contributed by atoms with Crippen molar-refractivity contribution in [1.29, 1.82) is 0 Å². The Kier molecular flexibility index (Phi) is 6.96. The molecule has 26 heavy (non-hydrogen) atoms. The number of likely N-dealkylation sites (tertiary alicyclic amines) is 1. The first-order valence-corrected chi connectivity index (χ1v) is 8.40. The van der Waals surface area contributed by atoms with E-state index in [1.54, 1.807) is 17.2 Å². The molecule has 1 fully saturated rings. The van der Waals surface area contributed by atoms with Gasteiger partial charge in [0.25, 0.3) is 0 Å². The molecular formula is C17H22F3N3O3. The van der Waals surface area contributed by atoms with Crippen molar-refractivity contribution in [3.8, 4) is 0 Å². The van der Waals surface area contributed by atoms with Gasteiger partial charge in [0.2, 0.25) is 11.8 Å². The topological polar surface area (TPSA) is 71.5 Å². The van der Waals surface area contributed by atoms with Crippen LogP contribution < -0.4 is 5.32 Å². The van der Waals surface area contributed by atoms with Crippen molar-refractivity contribution in [2.75, 3.05) is 31.6 Å². The second-order valence-electron chi connectivity index (χ2n) is 6.28. The second-order valence-corrected chi connectivity index (χ2v) is 6.28. The highest BCUT2D eigenvalue weighted by molar-refractivity contribution is 5.92. The summed E-state index contributed by atoms with van der Waals surface area (Å²) in [7, 11) is 0. The largest absolute Gasteiger partial charge is 0.411 e. The number of aryl methyl sites for hydroxylation is 1. The van der Waals surface area contributed by atoms with Gasteiger partial charge >= 0.3 is 6.18 Å². The SMILES string of the molecule is Cc1ccnc(NC(=O)C2CCN(C(=O)CCOCC(F)(F)F)CC2)c1. The van der Waals surface area contributed by atoms with Gasteiger partial charge in [0, 0.05) is 25.2 Å². The normalized spacial score (nSPS) is 15.8. The van der Waals surface area contributed by atoms with E-state index in [1.807, 2.05) is 13.0 Å². The van der Waals surface area contributed by atoms with Gasteiger partial charge in [0.1, 0.15) is 12.4 Å². The molecule has 1 N–H and O–H groups in total. The van der Waals surface area contributed by atoms with Crippen molar-refractivity contribution in [2.24, 2.45) is 5.92 Å². The number of anilines is 1. The number of alkyl halides is 3. The molecule has 1 aliphatic heterocycles. The minimum absolute atomic E-state index is 0.0971. The highest BCUT2D eigenvalue weighted by Gasteiger charge is 2.29. The molecule has 0 aromatic carbocycles. The van der Waals surface area contributed by atoms with Gasteiger partial charge in [-0.25, -0.2) is 4.98 Å². The van der Waals surface area contributed by atoms with Gasteiger partial charge in [-0.15, -0.1) is 0 Å². The molecule has 2 heterocycles. The molecule has 2 rings (SSSR count). The Hall–Kier alpha value is -2.16. The summed E-state index contributed by atoms with van der Waals surface area (Å²) in [4.78, 5) is 29.9. The summed E-state index contributed by atoms with van der Waals surface area (Å²) in [6.45, 7) is 1.09. The van der Waals surface area contributed by atoms with Crippen molar-refractivity contribution < 1.29 is 27.5 Å². The molecule has 0 spiro atoms. The maximum absolute atomic E-state index is 12.3.